The van der Waals surface area contributed by atoms with Gasteiger partial charge in [-0.15, -0.1) is 0 Å². The Morgan fingerprint density at radius 3 is 2.42 bits per heavy atom. The highest BCUT2D eigenvalue weighted by Crippen LogP contribution is 2.29. The Balaban J connectivity index is 1.85. The van der Waals surface area contributed by atoms with E-state index in [1.165, 1.54) is 22.3 Å². The molecule has 1 aliphatic rings. The van der Waals surface area contributed by atoms with Crippen molar-refractivity contribution >= 4 is 5.78 Å². The van der Waals surface area contributed by atoms with Gasteiger partial charge in [0, 0.05) is 11.5 Å². The molecule has 0 fully saturated rings. The molecule has 3 rings (SSSR count). The predicted octanol–water partition coefficient (Wildman–Crippen LogP) is 3.90. The van der Waals surface area contributed by atoms with Crippen LogP contribution in [-0.4, -0.2) is 5.78 Å². The van der Waals surface area contributed by atoms with Gasteiger partial charge >= 0.3 is 0 Å². The molecule has 0 bridgehead atoms. The Bertz CT molecular complexity index is 620. The summed E-state index contributed by atoms with van der Waals surface area (Å²) < 4.78 is 0. The van der Waals surface area contributed by atoms with Crippen molar-refractivity contribution in [1.82, 2.24) is 0 Å². The van der Waals surface area contributed by atoms with Gasteiger partial charge in [-0.05, 0) is 37.8 Å². The number of rotatable bonds is 2. The Labute approximate surface area is 114 Å². The van der Waals surface area contributed by atoms with Crippen LogP contribution >= 0.6 is 0 Å². The molecule has 0 N–H and O–H groups in total. The molecule has 0 radical (unpaired) electrons. The van der Waals surface area contributed by atoms with Crippen LogP contribution in [0.15, 0.2) is 42.5 Å². The van der Waals surface area contributed by atoms with E-state index >= 15 is 0 Å². The van der Waals surface area contributed by atoms with Crippen molar-refractivity contribution in [3.05, 3.63) is 70.3 Å². The van der Waals surface area contributed by atoms with Crippen LogP contribution in [0.1, 0.15) is 32.6 Å². The molecule has 19 heavy (non-hydrogen) atoms. The summed E-state index contributed by atoms with van der Waals surface area (Å²) in [7, 11) is 0. The maximum atomic E-state index is 12.4. The van der Waals surface area contributed by atoms with E-state index in [4.69, 9.17) is 0 Å². The molecule has 0 spiro atoms. The van der Waals surface area contributed by atoms with E-state index in [1.807, 2.05) is 18.2 Å². The molecule has 1 unspecified atom stereocenters. The molecule has 2 aromatic rings. The number of benzene rings is 2. The average molecular weight is 250 g/mol. The quantitative estimate of drug-likeness (QED) is 0.790. The fraction of sp³-hybridized carbons (Fsp3) is 0.278. The number of carbonyl (C=O) groups excluding carboxylic acids is 1. The van der Waals surface area contributed by atoms with E-state index in [1.54, 1.807) is 0 Å². The third kappa shape index (κ3) is 2.33. The highest BCUT2D eigenvalue weighted by molar-refractivity contribution is 6.02. The van der Waals surface area contributed by atoms with Gasteiger partial charge in [-0.3, -0.25) is 4.79 Å². The molecule has 0 saturated carbocycles. The second-order valence-corrected chi connectivity index (χ2v) is 5.62. The van der Waals surface area contributed by atoms with Gasteiger partial charge in [0.1, 0.15) is 0 Å². The number of Topliss-reactive ketones (excluding diaryl/α,β-unsaturated/α-hetero) is 1. The van der Waals surface area contributed by atoms with Crippen molar-refractivity contribution in [2.45, 2.75) is 26.7 Å². The molecule has 1 heteroatoms. The lowest BCUT2D eigenvalue weighted by Crippen LogP contribution is -2.12. The van der Waals surface area contributed by atoms with Crippen LogP contribution in [0.4, 0.5) is 0 Å². The van der Waals surface area contributed by atoms with Gasteiger partial charge in [0.2, 0.25) is 0 Å². The lowest BCUT2D eigenvalue weighted by atomic mass is 9.94. The van der Waals surface area contributed by atoms with Gasteiger partial charge in [0.25, 0.3) is 0 Å². The zero-order valence-corrected chi connectivity index (χ0v) is 11.4. The molecule has 1 nitrogen and oxygen atoms in total. The zero-order valence-electron chi connectivity index (χ0n) is 11.4. The monoisotopic (exact) mass is 250 g/mol. The first-order valence-corrected chi connectivity index (χ1v) is 6.83. The second kappa shape index (κ2) is 4.65. The van der Waals surface area contributed by atoms with Crippen LogP contribution in [0.25, 0.3) is 0 Å². The summed E-state index contributed by atoms with van der Waals surface area (Å²) in [5.74, 6) is 0.438. The minimum Gasteiger partial charge on any atom is -0.294 e. The number of hydrogen-bond donors (Lipinski definition) is 0. The minimum absolute atomic E-state index is 0.124. The average Bonchev–Trinajstić information content (AvgIpc) is 2.66. The third-order valence-corrected chi connectivity index (χ3v) is 3.88. The van der Waals surface area contributed by atoms with Gasteiger partial charge in [0.15, 0.2) is 5.78 Å². The molecule has 0 heterocycles. The molecule has 0 amide bonds. The molecule has 0 aliphatic heterocycles. The van der Waals surface area contributed by atoms with Crippen molar-refractivity contribution in [3.63, 3.8) is 0 Å². The lowest BCUT2D eigenvalue weighted by molar-refractivity contribution is 0.0936. The van der Waals surface area contributed by atoms with E-state index in [-0.39, 0.29) is 5.92 Å². The smallest absolute Gasteiger partial charge is 0.166 e. The summed E-state index contributed by atoms with van der Waals surface area (Å²) in [6.45, 7) is 4.23. The Hall–Kier alpha value is -1.89. The predicted molar refractivity (Wildman–Crippen MR) is 77.6 cm³/mol. The van der Waals surface area contributed by atoms with Gasteiger partial charge in [-0.2, -0.15) is 0 Å². The molecular formula is C18H18O. The van der Waals surface area contributed by atoms with Crippen molar-refractivity contribution in [2.24, 2.45) is 5.92 Å². The SMILES string of the molecule is Cc1cc(C)cc(CC2Cc3ccccc3C2=O)c1. The Morgan fingerprint density at radius 1 is 1.05 bits per heavy atom. The van der Waals surface area contributed by atoms with Gasteiger partial charge in [-0.1, -0.05) is 53.6 Å². The zero-order chi connectivity index (χ0) is 13.4. The van der Waals surface area contributed by atoms with E-state index in [0.717, 1.165) is 18.4 Å². The summed E-state index contributed by atoms with van der Waals surface area (Å²) in [5, 5.41) is 0. The highest BCUT2D eigenvalue weighted by atomic mass is 16.1. The maximum absolute atomic E-state index is 12.4. The minimum atomic E-state index is 0.124. The summed E-state index contributed by atoms with van der Waals surface area (Å²) in [6, 6.07) is 14.6. The van der Waals surface area contributed by atoms with Crippen LogP contribution in [0.5, 0.6) is 0 Å². The van der Waals surface area contributed by atoms with Crippen molar-refractivity contribution in [3.8, 4) is 0 Å². The summed E-state index contributed by atoms with van der Waals surface area (Å²) >= 11 is 0. The third-order valence-electron chi connectivity index (χ3n) is 3.88. The van der Waals surface area contributed by atoms with E-state index in [2.05, 4.69) is 38.1 Å². The summed E-state index contributed by atoms with van der Waals surface area (Å²) in [4.78, 5) is 12.4. The normalized spacial score (nSPS) is 17.6. The van der Waals surface area contributed by atoms with Gasteiger partial charge < -0.3 is 0 Å². The fourth-order valence-corrected chi connectivity index (χ4v) is 3.15. The number of fused-ring (bicyclic) bond motifs is 1. The molecule has 1 aliphatic carbocycles. The highest BCUT2D eigenvalue weighted by Gasteiger charge is 2.29. The molecule has 2 aromatic carbocycles. The molecule has 0 saturated heterocycles. The maximum Gasteiger partial charge on any atom is 0.166 e. The lowest BCUT2D eigenvalue weighted by Gasteiger charge is -2.09. The molecule has 96 valence electrons. The van der Waals surface area contributed by atoms with Crippen LogP contribution < -0.4 is 0 Å². The number of ketones is 1. The van der Waals surface area contributed by atoms with Gasteiger partial charge in [0.05, 0.1) is 0 Å². The van der Waals surface area contributed by atoms with Crippen LogP contribution in [0.2, 0.25) is 0 Å². The van der Waals surface area contributed by atoms with E-state index in [0.29, 0.717) is 5.78 Å². The van der Waals surface area contributed by atoms with Gasteiger partial charge in [-0.25, -0.2) is 0 Å². The first-order valence-electron chi connectivity index (χ1n) is 6.83. The van der Waals surface area contributed by atoms with E-state index < -0.39 is 0 Å². The first-order chi connectivity index (χ1) is 9.13. The van der Waals surface area contributed by atoms with Crippen molar-refractivity contribution in [1.29, 1.82) is 0 Å². The first kappa shape index (κ1) is 12.2. The largest absolute Gasteiger partial charge is 0.294 e. The van der Waals surface area contributed by atoms with Crippen LogP contribution in [0, 0.1) is 19.8 Å². The topological polar surface area (TPSA) is 17.1 Å². The van der Waals surface area contributed by atoms with Crippen LogP contribution in [0.3, 0.4) is 0 Å². The Kier molecular flexibility index (Phi) is 2.98. The van der Waals surface area contributed by atoms with Crippen molar-refractivity contribution < 1.29 is 4.79 Å². The second-order valence-electron chi connectivity index (χ2n) is 5.62. The molecule has 1 atom stereocenters. The Morgan fingerprint density at radius 2 is 1.74 bits per heavy atom. The van der Waals surface area contributed by atoms with Crippen LogP contribution in [-0.2, 0) is 12.8 Å². The molecular weight excluding hydrogens is 232 g/mol. The fourth-order valence-electron chi connectivity index (χ4n) is 3.15. The van der Waals surface area contributed by atoms with Crippen molar-refractivity contribution in [2.75, 3.05) is 0 Å². The van der Waals surface area contributed by atoms with E-state index in [9.17, 15) is 4.79 Å². The number of hydrogen-bond acceptors (Lipinski definition) is 1. The summed E-state index contributed by atoms with van der Waals surface area (Å²) in [5.41, 5.74) is 5.97. The summed E-state index contributed by atoms with van der Waals surface area (Å²) in [6.07, 6.45) is 1.75. The molecule has 0 aromatic heterocycles. The number of carbonyl (C=O) groups is 1. The standard InChI is InChI=1S/C18H18O/c1-12-7-13(2)9-14(8-12)10-16-11-15-5-3-4-6-17(15)18(16)19/h3-9,16H,10-11H2,1-2H3. The number of aryl methyl sites for hydroxylation is 2.